The fraction of sp³-hybridized carbons (Fsp3) is 0.375. The SMILES string of the molecule is COc1c(C)c(C)c(O)[nH]c1=O. The fourth-order valence-electron chi connectivity index (χ4n) is 1.02. The van der Waals surface area contributed by atoms with Gasteiger partial charge in [-0.05, 0) is 13.8 Å². The van der Waals surface area contributed by atoms with Crippen molar-refractivity contribution in [1.82, 2.24) is 4.98 Å². The van der Waals surface area contributed by atoms with Crippen LogP contribution in [0.3, 0.4) is 0 Å². The first kappa shape index (κ1) is 8.64. The van der Waals surface area contributed by atoms with Gasteiger partial charge in [0.05, 0.1) is 7.11 Å². The number of hydrogen-bond donors (Lipinski definition) is 2. The highest BCUT2D eigenvalue weighted by Gasteiger charge is 2.09. The second-order valence-electron chi connectivity index (χ2n) is 2.59. The van der Waals surface area contributed by atoms with E-state index in [2.05, 4.69) is 4.98 Å². The van der Waals surface area contributed by atoms with Crippen LogP contribution < -0.4 is 10.3 Å². The molecule has 66 valence electrons. The van der Waals surface area contributed by atoms with E-state index in [1.807, 2.05) is 0 Å². The molecule has 0 fully saturated rings. The molecule has 0 atom stereocenters. The van der Waals surface area contributed by atoms with Gasteiger partial charge in [-0.3, -0.25) is 9.78 Å². The Bertz CT molecular complexity index is 354. The van der Waals surface area contributed by atoms with E-state index < -0.39 is 5.56 Å². The van der Waals surface area contributed by atoms with Crippen molar-refractivity contribution in [3.05, 3.63) is 21.5 Å². The van der Waals surface area contributed by atoms with Crippen LogP contribution in [0, 0.1) is 13.8 Å². The van der Waals surface area contributed by atoms with Crippen LogP contribution in [0.15, 0.2) is 4.79 Å². The Balaban J connectivity index is 3.52. The van der Waals surface area contributed by atoms with Crippen LogP contribution in [0.1, 0.15) is 11.1 Å². The van der Waals surface area contributed by atoms with Gasteiger partial charge in [0.25, 0.3) is 5.56 Å². The summed E-state index contributed by atoms with van der Waals surface area (Å²) < 4.78 is 4.86. The lowest BCUT2D eigenvalue weighted by molar-refractivity contribution is 0.395. The summed E-state index contributed by atoms with van der Waals surface area (Å²) in [6.45, 7) is 3.44. The zero-order valence-electron chi connectivity index (χ0n) is 7.26. The number of ether oxygens (including phenoxy) is 1. The van der Waals surface area contributed by atoms with Crippen molar-refractivity contribution in [2.45, 2.75) is 13.8 Å². The first-order chi connectivity index (χ1) is 5.57. The summed E-state index contributed by atoms with van der Waals surface area (Å²) in [5.74, 6) is 0.156. The van der Waals surface area contributed by atoms with Gasteiger partial charge in [0.1, 0.15) is 0 Å². The number of nitrogens with one attached hydrogen (secondary N) is 1. The third kappa shape index (κ3) is 1.15. The summed E-state index contributed by atoms with van der Waals surface area (Å²) in [5, 5.41) is 9.19. The highest BCUT2D eigenvalue weighted by Crippen LogP contribution is 2.21. The highest BCUT2D eigenvalue weighted by atomic mass is 16.5. The Morgan fingerprint density at radius 1 is 1.33 bits per heavy atom. The fourth-order valence-corrected chi connectivity index (χ4v) is 1.02. The Morgan fingerprint density at radius 2 is 1.92 bits per heavy atom. The van der Waals surface area contributed by atoms with E-state index in [9.17, 15) is 9.90 Å². The number of H-pyrrole nitrogens is 1. The van der Waals surface area contributed by atoms with Crippen molar-refractivity contribution in [3.8, 4) is 11.6 Å². The molecule has 0 aromatic carbocycles. The Hall–Kier alpha value is -1.45. The van der Waals surface area contributed by atoms with Gasteiger partial charge in [0, 0.05) is 11.1 Å². The minimum atomic E-state index is -0.405. The van der Waals surface area contributed by atoms with Crippen LogP contribution in [-0.2, 0) is 0 Å². The van der Waals surface area contributed by atoms with Gasteiger partial charge in [-0.15, -0.1) is 0 Å². The van der Waals surface area contributed by atoms with E-state index >= 15 is 0 Å². The molecule has 0 spiro atoms. The number of aromatic nitrogens is 1. The van der Waals surface area contributed by atoms with Gasteiger partial charge in [-0.2, -0.15) is 0 Å². The average molecular weight is 169 g/mol. The number of rotatable bonds is 1. The van der Waals surface area contributed by atoms with Crippen molar-refractivity contribution in [2.75, 3.05) is 7.11 Å². The van der Waals surface area contributed by atoms with Gasteiger partial charge in [-0.1, -0.05) is 0 Å². The minimum Gasteiger partial charge on any atom is -0.494 e. The molecule has 1 aromatic heterocycles. The van der Waals surface area contributed by atoms with Gasteiger partial charge < -0.3 is 9.84 Å². The van der Waals surface area contributed by atoms with E-state index in [-0.39, 0.29) is 11.6 Å². The molecule has 0 saturated heterocycles. The van der Waals surface area contributed by atoms with Gasteiger partial charge in [0.2, 0.25) is 0 Å². The zero-order chi connectivity index (χ0) is 9.30. The predicted molar refractivity (Wildman–Crippen MR) is 44.8 cm³/mol. The summed E-state index contributed by atoms with van der Waals surface area (Å²) >= 11 is 0. The summed E-state index contributed by atoms with van der Waals surface area (Å²) in [5.41, 5.74) is 0.892. The lowest BCUT2D eigenvalue weighted by atomic mass is 10.1. The summed E-state index contributed by atoms with van der Waals surface area (Å²) in [6.07, 6.45) is 0. The third-order valence-electron chi connectivity index (χ3n) is 1.90. The first-order valence-corrected chi connectivity index (χ1v) is 3.54. The second-order valence-corrected chi connectivity index (χ2v) is 2.59. The largest absolute Gasteiger partial charge is 0.494 e. The van der Waals surface area contributed by atoms with E-state index in [4.69, 9.17) is 4.74 Å². The topological polar surface area (TPSA) is 62.3 Å². The standard InChI is InChI=1S/C8H11NO3/c1-4-5(2)7(10)9-8(11)6(4)12-3/h1-3H3,(H2,9,10,11). The maximum Gasteiger partial charge on any atom is 0.293 e. The Kier molecular flexibility index (Phi) is 2.08. The molecule has 12 heavy (non-hydrogen) atoms. The molecule has 4 heteroatoms. The molecular formula is C8H11NO3. The molecule has 0 aliphatic rings. The molecule has 4 nitrogen and oxygen atoms in total. The third-order valence-corrected chi connectivity index (χ3v) is 1.90. The highest BCUT2D eigenvalue weighted by molar-refractivity contribution is 5.41. The van der Waals surface area contributed by atoms with Gasteiger partial charge in [0.15, 0.2) is 11.6 Å². The van der Waals surface area contributed by atoms with Crippen LogP contribution in [0.25, 0.3) is 0 Å². The van der Waals surface area contributed by atoms with E-state index in [0.717, 1.165) is 0 Å². The molecule has 0 saturated carbocycles. The Labute approximate surface area is 69.8 Å². The number of hydrogen-bond acceptors (Lipinski definition) is 3. The molecule has 1 aromatic rings. The molecule has 1 heterocycles. The molecule has 0 radical (unpaired) electrons. The number of aromatic amines is 1. The molecular weight excluding hydrogens is 158 g/mol. The van der Waals surface area contributed by atoms with Crippen LogP contribution in [0.2, 0.25) is 0 Å². The monoisotopic (exact) mass is 169 g/mol. The van der Waals surface area contributed by atoms with E-state index in [0.29, 0.717) is 11.1 Å². The van der Waals surface area contributed by atoms with Crippen molar-refractivity contribution < 1.29 is 9.84 Å². The number of aromatic hydroxyl groups is 1. The predicted octanol–water partition coefficient (Wildman–Crippen LogP) is 0.706. The molecule has 0 unspecified atom stereocenters. The van der Waals surface area contributed by atoms with Crippen molar-refractivity contribution in [3.63, 3.8) is 0 Å². The normalized spacial score (nSPS) is 9.92. The van der Waals surface area contributed by atoms with E-state index in [1.54, 1.807) is 13.8 Å². The van der Waals surface area contributed by atoms with Crippen molar-refractivity contribution in [1.29, 1.82) is 0 Å². The number of pyridine rings is 1. The van der Waals surface area contributed by atoms with Crippen LogP contribution in [0.4, 0.5) is 0 Å². The average Bonchev–Trinajstić information content (AvgIpc) is 2.01. The first-order valence-electron chi connectivity index (χ1n) is 3.54. The quantitative estimate of drug-likeness (QED) is 0.650. The molecule has 0 aliphatic carbocycles. The minimum absolute atomic E-state index is 0.0988. The summed E-state index contributed by atoms with van der Waals surface area (Å²) in [6, 6.07) is 0. The molecule has 0 bridgehead atoms. The second kappa shape index (κ2) is 2.89. The summed E-state index contributed by atoms with van der Waals surface area (Å²) in [7, 11) is 1.42. The lowest BCUT2D eigenvalue weighted by Crippen LogP contribution is -2.11. The van der Waals surface area contributed by atoms with Crippen molar-refractivity contribution >= 4 is 0 Å². The maximum absolute atomic E-state index is 11.1. The summed E-state index contributed by atoms with van der Waals surface area (Å²) in [4.78, 5) is 13.4. The molecule has 0 aliphatic heterocycles. The number of methoxy groups -OCH3 is 1. The van der Waals surface area contributed by atoms with Crippen molar-refractivity contribution in [2.24, 2.45) is 0 Å². The smallest absolute Gasteiger partial charge is 0.293 e. The van der Waals surface area contributed by atoms with Crippen LogP contribution >= 0.6 is 0 Å². The Morgan fingerprint density at radius 3 is 2.42 bits per heavy atom. The maximum atomic E-state index is 11.1. The van der Waals surface area contributed by atoms with Gasteiger partial charge >= 0.3 is 0 Å². The van der Waals surface area contributed by atoms with Crippen LogP contribution in [-0.4, -0.2) is 17.2 Å². The lowest BCUT2D eigenvalue weighted by Gasteiger charge is -2.06. The van der Waals surface area contributed by atoms with Crippen LogP contribution in [0.5, 0.6) is 11.6 Å². The molecule has 2 N–H and O–H groups in total. The zero-order valence-corrected chi connectivity index (χ0v) is 7.26. The van der Waals surface area contributed by atoms with Gasteiger partial charge in [-0.25, -0.2) is 0 Å². The molecule has 1 rings (SSSR count). The molecule has 0 amide bonds. The van der Waals surface area contributed by atoms with E-state index in [1.165, 1.54) is 7.11 Å².